The maximum absolute atomic E-state index is 11.7. The van der Waals surface area contributed by atoms with E-state index in [0.29, 0.717) is 13.0 Å². The lowest BCUT2D eigenvalue weighted by molar-refractivity contribution is -0.124. The molecule has 1 aliphatic rings. The van der Waals surface area contributed by atoms with E-state index in [9.17, 15) is 4.79 Å². The lowest BCUT2D eigenvalue weighted by Crippen LogP contribution is -2.26. The van der Waals surface area contributed by atoms with Crippen molar-refractivity contribution in [2.45, 2.75) is 25.4 Å². The van der Waals surface area contributed by atoms with Crippen molar-refractivity contribution in [2.24, 2.45) is 0 Å². The molecule has 0 spiro atoms. The van der Waals surface area contributed by atoms with E-state index in [4.69, 9.17) is 9.84 Å². The van der Waals surface area contributed by atoms with Crippen LogP contribution in [0.25, 0.3) is 0 Å². The van der Waals surface area contributed by atoms with Crippen LogP contribution in [0.3, 0.4) is 0 Å². The molecule has 0 aliphatic carbocycles. The number of rotatable bonds is 4. The predicted molar refractivity (Wildman–Crippen MR) is 64.8 cm³/mol. The van der Waals surface area contributed by atoms with Gasteiger partial charge in [0.25, 0.3) is 5.91 Å². The third-order valence-corrected chi connectivity index (χ3v) is 2.84. The second-order valence-electron chi connectivity index (χ2n) is 4.16. The Bertz CT molecular complexity index is 369. The standard InChI is InChI=1S/C13H17NO3/c15-8-7-10-3-5-11(6-4-10)14-13(16)12-2-1-9-17-12/h3-6,12,15H,1-2,7-9H2,(H,14,16). The first-order valence-corrected chi connectivity index (χ1v) is 5.92. The summed E-state index contributed by atoms with van der Waals surface area (Å²) in [6.45, 7) is 0.815. The minimum atomic E-state index is -0.299. The van der Waals surface area contributed by atoms with Crippen LogP contribution in [0.15, 0.2) is 24.3 Å². The number of carbonyl (C=O) groups is 1. The van der Waals surface area contributed by atoms with Crippen LogP contribution in [-0.2, 0) is 16.0 Å². The summed E-state index contributed by atoms with van der Waals surface area (Å²) >= 11 is 0. The normalized spacial score (nSPS) is 19.2. The topological polar surface area (TPSA) is 58.6 Å². The fourth-order valence-corrected chi connectivity index (χ4v) is 1.89. The molecule has 0 aromatic heterocycles. The molecule has 1 aliphatic heterocycles. The van der Waals surface area contributed by atoms with Crippen molar-refractivity contribution in [1.82, 2.24) is 0 Å². The van der Waals surface area contributed by atoms with Crippen molar-refractivity contribution < 1.29 is 14.6 Å². The van der Waals surface area contributed by atoms with Crippen molar-refractivity contribution in [1.29, 1.82) is 0 Å². The van der Waals surface area contributed by atoms with Crippen LogP contribution in [0.4, 0.5) is 5.69 Å². The molecule has 0 saturated carbocycles. The molecular formula is C13H17NO3. The number of aliphatic hydroxyl groups is 1. The van der Waals surface area contributed by atoms with Gasteiger partial charge < -0.3 is 15.2 Å². The summed E-state index contributed by atoms with van der Waals surface area (Å²) < 4.78 is 5.30. The average Bonchev–Trinajstić information content (AvgIpc) is 2.86. The summed E-state index contributed by atoms with van der Waals surface area (Å²) in [7, 11) is 0. The fourth-order valence-electron chi connectivity index (χ4n) is 1.89. The van der Waals surface area contributed by atoms with E-state index in [1.807, 2.05) is 24.3 Å². The van der Waals surface area contributed by atoms with Gasteiger partial charge in [0, 0.05) is 18.9 Å². The third kappa shape index (κ3) is 3.28. The molecule has 2 rings (SSSR count). The van der Waals surface area contributed by atoms with Gasteiger partial charge in [-0.05, 0) is 37.0 Å². The monoisotopic (exact) mass is 235 g/mol. The molecule has 2 N–H and O–H groups in total. The maximum atomic E-state index is 11.7. The number of hydrogen-bond donors (Lipinski definition) is 2. The van der Waals surface area contributed by atoms with Gasteiger partial charge in [0.05, 0.1) is 0 Å². The van der Waals surface area contributed by atoms with Crippen LogP contribution < -0.4 is 5.32 Å². The molecule has 1 saturated heterocycles. The number of amides is 1. The van der Waals surface area contributed by atoms with E-state index >= 15 is 0 Å². The van der Waals surface area contributed by atoms with Gasteiger partial charge in [-0.3, -0.25) is 4.79 Å². The SMILES string of the molecule is O=C(Nc1ccc(CCO)cc1)C1CCCO1. The van der Waals surface area contributed by atoms with Crippen LogP contribution in [0.2, 0.25) is 0 Å². The summed E-state index contributed by atoms with van der Waals surface area (Å²) in [4.78, 5) is 11.7. The number of anilines is 1. The van der Waals surface area contributed by atoms with Crippen molar-refractivity contribution >= 4 is 11.6 Å². The van der Waals surface area contributed by atoms with E-state index in [2.05, 4.69) is 5.32 Å². The van der Waals surface area contributed by atoms with Crippen molar-refractivity contribution in [3.05, 3.63) is 29.8 Å². The highest BCUT2D eigenvalue weighted by atomic mass is 16.5. The molecule has 0 radical (unpaired) electrons. The predicted octanol–water partition coefficient (Wildman–Crippen LogP) is 1.34. The first-order chi connectivity index (χ1) is 8.29. The van der Waals surface area contributed by atoms with Gasteiger partial charge in [0.2, 0.25) is 0 Å². The van der Waals surface area contributed by atoms with Gasteiger partial charge in [-0.25, -0.2) is 0 Å². The van der Waals surface area contributed by atoms with E-state index in [-0.39, 0.29) is 18.6 Å². The molecular weight excluding hydrogens is 218 g/mol. The van der Waals surface area contributed by atoms with Crippen molar-refractivity contribution in [2.75, 3.05) is 18.5 Å². The summed E-state index contributed by atoms with van der Waals surface area (Å²) in [6, 6.07) is 7.50. The van der Waals surface area contributed by atoms with Crippen LogP contribution in [0, 0.1) is 0 Å². The highest BCUT2D eigenvalue weighted by Gasteiger charge is 2.23. The molecule has 1 fully saturated rings. The molecule has 1 aromatic carbocycles. The highest BCUT2D eigenvalue weighted by molar-refractivity contribution is 5.94. The Morgan fingerprint density at radius 3 is 2.76 bits per heavy atom. The number of benzene rings is 1. The van der Waals surface area contributed by atoms with E-state index in [0.717, 1.165) is 24.1 Å². The van der Waals surface area contributed by atoms with Gasteiger partial charge >= 0.3 is 0 Å². The fraction of sp³-hybridized carbons (Fsp3) is 0.462. The summed E-state index contributed by atoms with van der Waals surface area (Å²) in [5.41, 5.74) is 1.83. The zero-order chi connectivity index (χ0) is 12.1. The zero-order valence-electron chi connectivity index (χ0n) is 9.69. The van der Waals surface area contributed by atoms with Crippen molar-refractivity contribution in [3.8, 4) is 0 Å². The van der Waals surface area contributed by atoms with Crippen LogP contribution >= 0.6 is 0 Å². The lowest BCUT2D eigenvalue weighted by atomic mass is 10.1. The molecule has 17 heavy (non-hydrogen) atoms. The third-order valence-electron chi connectivity index (χ3n) is 2.84. The number of hydrogen-bond acceptors (Lipinski definition) is 3. The largest absolute Gasteiger partial charge is 0.396 e. The highest BCUT2D eigenvalue weighted by Crippen LogP contribution is 2.15. The average molecular weight is 235 g/mol. The van der Waals surface area contributed by atoms with Gasteiger partial charge in [-0.1, -0.05) is 12.1 Å². The molecule has 1 amide bonds. The van der Waals surface area contributed by atoms with Crippen LogP contribution in [-0.4, -0.2) is 30.3 Å². The lowest BCUT2D eigenvalue weighted by Gasteiger charge is -2.10. The maximum Gasteiger partial charge on any atom is 0.253 e. The zero-order valence-corrected chi connectivity index (χ0v) is 9.69. The first kappa shape index (κ1) is 12.1. The molecule has 1 heterocycles. The Hall–Kier alpha value is -1.39. The van der Waals surface area contributed by atoms with Gasteiger partial charge in [0.1, 0.15) is 6.10 Å². The molecule has 1 aromatic rings. The number of carbonyl (C=O) groups excluding carboxylic acids is 1. The number of ether oxygens (including phenoxy) is 1. The first-order valence-electron chi connectivity index (χ1n) is 5.92. The molecule has 1 unspecified atom stereocenters. The van der Waals surface area contributed by atoms with E-state index in [1.165, 1.54) is 0 Å². The van der Waals surface area contributed by atoms with Gasteiger partial charge in [0.15, 0.2) is 0 Å². The summed E-state index contributed by atoms with van der Waals surface area (Å²) in [5.74, 6) is -0.0718. The molecule has 1 atom stereocenters. The smallest absolute Gasteiger partial charge is 0.253 e. The number of nitrogens with one attached hydrogen (secondary N) is 1. The second-order valence-corrected chi connectivity index (χ2v) is 4.16. The molecule has 92 valence electrons. The second kappa shape index (κ2) is 5.80. The Labute approximate surface area is 101 Å². The van der Waals surface area contributed by atoms with Gasteiger partial charge in [-0.15, -0.1) is 0 Å². The summed E-state index contributed by atoms with van der Waals surface area (Å²) in [6.07, 6.45) is 2.09. The Morgan fingerprint density at radius 2 is 2.18 bits per heavy atom. The van der Waals surface area contributed by atoms with E-state index < -0.39 is 0 Å². The van der Waals surface area contributed by atoms with Crippen molar-refractivity contribution in [3.63, 3.8) is 0 Å². The van der Waals surface area contributed by atoms with E-state index in [1.54, 1.807) is 0 Å². The quantitative estimate of drug-likeness (QED) is 0.828. The van der Waals surface area contributed by atoms with Gasteiger partial charge in [-0.2, -0.15) is 0 Å². The Kier molecular flexibility index (Phi) is 4.12. The summed E-state index contributed by atoms with van der Waals surface area (Å²) in [5, 5.41) is 11.6. The Morgan fingerprint density at radius 1 is 1.41 bits per heavy atom. The molecule has 0 bridgehead atoms. The van der Waals surface area contributed by atoms with Crippen LogP contribution in [0.5, 0.6) is 0 Å². The van der Waals surface area contributed by atoms with Crippen LogP contribution in [0.1, 0.15) is 18.4 Å². The minimum absolute atomic E-state index is 0.0718. The molecule has 4 nitrogen and oxygen atoms in total. The minimum Gasteiger partial charge on any atom is -0.396 e. The molecule has 4 heteroatoms. The number of aliphatic hydroxyl groups excluding tert-OH is 1. The Balaban J connectivity index is 1.91.